The molecule has 0 radical (unpaired) electrons. The molecule has 0 atom stereocenters. The molecule has 0 fully saturated rings. The van der Waals surface area contributed by atoms with Gasteiger partial charge in [0.1, 0.15) is 12.4 Å². The summed E-state index contributed by atoms with van der Waals surface area (Å²) in [6.45, 7) is 3.19. The van der Waals surface area contributed by atoms with Crippen molar-refractivity contribution in [3.63, 3.8) is 0 Å². The summed E-state index contributed by atoms with van der Waals surface area (Å²) in [6.07, 6.45) is 1.80. The fourth-order valence-electron chi connectivity index (χ4n) is 2.93. The van der Waals surface area contributed by atoms with E-state index in [1.54, 1.807) is 18.2 Å². The van der Waals surface area contributed by atoms with Crippen LogP contribution in [0, 0.1) is 6.92 Å². The van der Waals surface area contributed by atoms with Gasteiger partial charge < -0.3 is 10.1 Å². The summed E-state index contributed by atoms with van der Waals surface area (Å²) >= 11 is 0. The first-order valence-corrected chi connectivity index (χ1v) is 10.3. The number of carbonyl (C=O) groups is 1. The highest BCUT2D eigenvalue weighted by Gasteiger charge is 2.26. The van der Waals surface area contributed by atoms with E-state index in [1.165, 1.54) is 10.6 Å². The molecule has 0 aromatic heterocycles. The predicted molar refractivity (Wildman–Crippen MR) is 101 cm³/mol. The Hall–Kier alpha value is -2.54. The van der Waals surface area contributed by atoms with E-state index in [0.29, 0.717) is 37.4 Å². The van der Waals surface area contributed by atoms with Crippen LogP contribution >= 0.6 is 0 Å². The number of nitrogens with one attached hydrogen (secondary N) is 1. The van der Waals surface area contributed by atoms with Gasteiger partial charge in [0, 0.05) is 12.1 Å². The Morgan fingerprint density at radius 2 is 1.92 bits per heavy atom. The van der Waals surface area contributed by atoms with Gasteiger partial charge in [0.05, 0.1) is 18.5 Å². The number of benzene rings is 2. The Morgan fingerprint density at radius 1 is 1.19 bits per heavy atom. The topological polar surface area (TPSA) is 75.7 Å². The minimum Gasteiger partial charge on any atom is -0.492 e. The van der Waals surface area contributed by atoms with Gasteiger partial charge in [0.25, 0.3) is 5.91 Å². The maximum atomic E-state index is 12.3. The van der Waals surface area contributed by atoms with E-state index in [4.69, 9.17) is 4.74 Å². The van der Waals surface area contributed by atoms with E-state index in [1.807, 2.05) is 31.2 Å². The van der Waals surface area contributed by atoms with Crippen molar-refractivity contribution >= 4 is 21.6 Å². The minimum absolute atomic E-state index is 0.196. The molecule has 1 aliphatic rings. The van der Waals surface area contributed by atoms with Crippen molar-refractivity contribution in [2.45, 2.75) is 13.3 Å². The summed E-state index contributed by atoms with van der Waals surface area (Å²) in [5.41, 5.74) is 3.22. The summed E-state index contributed by atoms with van der Waals surface area (Å²) in [7, 11) is -3.28. The second-order valence-electron chi connectivity index (χ2n) is 6.35. The molecule has 1 aliphatic heterocycles. The average Bonchev–Trinajstić information content (AvgIpc) is 3.03. The van der Waals surface area contributed by atoms with E-state index in [2.05, 4.69) is 5.32 Å². The van der Waals surface area contributed by atoms with Crippen molar-refractivity contribution in [3.8, 4) is 5.75 Å². The van der Waals surface area contributed by atoms with E-state index < -0.39 is 10.0 Å². The lowest BCUT2D eigenvalue weighted by Crippen LogP contribution is -2.28. The summed E-state index contributed by atoms with van der Waals surface area (Å²) in [4.78, 5) is 12.3. The molecular formula is C19H22N2O4S. The highest BCUT2D eigenvalue weighted by molar-refractivity contribution is 7.92. The van der Waals surface area contributed by atoms with Gasteiger partial charge in [0.2, 0.25) is 10.0 Å². The van der Waals surface area contributed by atoms with Gasteiger partial charge in [-0.1, -0.05) is 17.7 Å². The lowest BCUT2D eigenvalue weighted by molar-refractivity contribution is 0.0947. The van der Waals surface area contributed by atoms with Gasteiger partial charge >= 0.3 is 0 Å². The molecule has 0 saturated carbocycles. The van der Waals surface area contributed by atoms with Crippen LogP contribution in [0.5, 0.6) is 5.75 Å². The molecule has 1 N–H and O–H groups in total. The summed E-state index contributed by atoms with van der Waals surface area (Å²) in [5.74, 6) is 0.571. The van der Waals surface area contributed by atoms with Crippen LogP contribution in [0.2, 0.25) is 0 Å². The Kier molecular flexibility index (Phi) is 5.18. The highest BCUT2D eigenvalue weighted by atomic mass is 32.2. The third-order valence-corrected chi connectivity index (χ3v) is 5.45. The molecule has 26 heavy (non-hydrogen) atoms. The van der Waals surface area contributed by atoms with E-state index >= 15 is 0 Å². The molecular weight excluding hydrogens is 352 g/mol. The SMILES string of the molecule is Cc1ccc(OCCNC(=O)c2ccc3c(c2)CCN3S(C)(=O)=O)cc1. The average molecular weight is 374 g/mol. The zero-order chi connectivity index (χ0) is 18.7. The molecule has 0 bridgehead atoms. The molecule has 0 aliphatic carbocycles. The van der Waals surface area contributed by atoms with Gasteiger partial charge in [-0.3, -0.25) is 9.10 Å². The normalized spacial score (nSPS) is 13.4. The number of amides is 1. The van der Waals surface area contributed by atoms with E-state index in [-0.39, 0.29) is 5.91 Å². The van der Waals surface area contributed by atoms with Crippen LogP contribution in [0.4, 0.5) is 5.69 Å². The van der Waals surface area contributed by atoms with Crippen molar-refractivity contribution in [1.82, 2.24) is 5.32 Å². The largest absolute Gasteiger partial charge is 0.492 e. The molecule has 6 nitrogen and oxygen atoms in total. The number of nitrogens with zero attached hydrogens (tertiary/aromatic N) is 1. The van der Waals surface area contributed by atoms with Gasteiger partial charge in [-0.2, -0.15) is 0 Å². The van der Waals surface area contributed by atoms with Gasteiger partial charge in [-0.05, 0) is 49.2 Å². The fourth-order valence-corrected chi connectivity index (χ4v) is 3.89. The van der Waals surface area contributed by atoms with E-state index in [0.717, 1.165) is 16.9 Å². The van der Waals surface area contributed by atoms with Crippen molar-refractivity contribution in [2.75, 3.05) is 30.3 Å². The smallest absolute Gasteiger partial charge is 0.251 e. The Morgan fingerprint density at radius 3 is 2.62 bits per heavy atom. The zero-order valence-electron chi connectivity index (χ0n) is 14.9. The molecule has 1 heterocycles. The summed E-state index contributed by atoms with van der Waals surface area (Å²) in [5, 5.41) is 2.82. The van der Waals surface area contributed by atoms with Crippen molar-refractivity contribution in [1.29, 1.82) is 0 Å². The number of sulfonamides is 1. The number of hydrogen-bond donors (Lipinski definition) is 1. The van der Waals surface area contributed by atoms with Gasteiger partial charge in [0.15, 0.2) is 0 Å². The van der Waals surface area contributed by atoms with Crippen LogP contribution in [0.1, 0.15) is 21.5 Å². The van der Waals surface area contributed by atoms with Crippen LogP contribution in [-0.2, 0) is 16.4 Å². The molecule has 138 valence electrons. The Labute approximate surface area is 153 Å². The van der Waals surface area contributed by atoms with Gasteiger partial charge in [-0.25, -0.2) is 8.42 Å². The fraction of sp³-hybridized carbons (Fsp3) is 0.316. The standard InChI is InChI=1S/C19H22N2O4S/c1-14-3-6-17(7-4-14)25-12-10-20-19(22)16-5-8-18-15(13-16)9-11-21(18)26(2,23)24/h3-8,13H,9-12H2,1-2H3,(H,20,22). The maximum Gasteiger partial charge on any atom is 0.251 e. The molecule has 0 spiro atoms. The maximum absolute atomic E-state index is 12.3. The first-order chi connectivity index (χ1) is 12.3. The molecule has 0 saturated heterocycles. The Balaban J connectivity index is 1.55. The number of fused-ring (bicyclic) bond motifs is 1. The van der Waals surface area contributed by atoms with Crippen LogP contribution in [-0.4, -0.2) is 40.3 Å². The van der Waals surface area contributed by atoms with Crippen molar-refractivity contribution in [2.24, 2.45) is 0 Å². The van der Waals surface area contributed by atoms with Gasteiger partial charge in [-0.15, -0.1) is 0 Å². The highest BCUT2D eigenvalue weighted by Crippen LogP contribution is 2.30. The number of anilines is 1. The predicted octanol–water partition coefficient (Wildman–Crippen LogP) is 2.13. The second-order valence-corrected chi connectivity index (χ2v) is 8.25. The molecule has 7 heteroatoms. The third-order valence-electron chi connectivity index (χ3n) is 4.27. The van der Waals surface area contributed by atoms with Crippen molar-refractivity contribution < 1.29 is 17.9 Å². The quantitative estimate of drug-likeness (QED) is 0.786. The van der Waals surface area contributed by atoms with Crippen molar-refractivity contribution in [3.05, 3.63) is 59.2 Å². The van der Waals surface area contributed by atoms with Crippen LogP contribution < -0.4 is 14.4 Å². The monoisotopic (exact) mass is 374 g/mol. The first-order valence-electron chi connectivity index (χ1n) is 8.43. The lowest BCUT2D eigenvalue weighted by atomic mass is 10.1. The number of hydrogen-bond acceptors (Lipinski definition) is 4. The molecule has 2 aromatic rings. The Bertz CT molecular complexity index is 908. The number of rotatable bonds is 6. The van der Waals surface area contributed by atoms with E-state index in [9.17, 15) is 13.2 Å². The number of aryl methyl sites for hydroxylation is 1. The van der Waals surface area contributed by atoms with Crippen LogP contribution in [0.3, 0.4) is 0 Å². The number of carbonyl (C=O) groups excluding carboxylic acids is 1. The second kappa shape index (κ2) is 7.37. The molecule has 3 rings (SSSR count). The van der Waals surface area contributed by atoms with Crippen LogP contribution in [0.15, 0.2) is 42.5 Å². The first kappa shape index (κ1) is 18.3. The lowest BCUT2D eigenvalue weighted by Gasteiger charge is -2.16. The molecule has 0 unspecified atom stereocenters. The van der Waals surface area contributed by atoms with Crippen LogP contribution in [0.25, 0.3) is 0 Å². The zero-order valence-corrected chi connectivity index (χ0v) is 15.7. The minimum atomic E-state index is -3.28. The summed E-state index contributed by atoms with van der Waals surface area (Å²) < 4.78 is 30.5. The third kappa shape index (κ3) is 4.16. The number of ether oxygens (including phenoxy) is 1. The molecule has 2 aromatic carbocycles. The summed E-state index contributed by atoms with van der Waals surface area (Å²) in [6, 6.07) is 12.8. The molecule has 1 amide bonds.